The molecule has 3 amide bonds. The fraction of sp³-hybridized carbons (Fsp3) is 0.400. The summed E-state index contributed by atoms with van der Waals surface area (Å²) in [6.07, 6.45) is 4.92. The highest BCUT2D eigenvalue weighted by molar-refractivity contribution is 5.98. The molecule has 0 bridgehead atoms. The normalized spacial score (nSPS) is 20.6. The van der Waals surface area contributed by atoms with E-state index in [0.717, 1.165) is 5.56 Å². The molecule has 0 aliphatic carbocycles. The maximum absolute atomic E-state index is 13.8. The molecule has 2 aromatic rings. The number of benzene rings is 2. The minimum absolute atomic E-state index is 0.158. The molecule has 2 unspecified atom stereocenters. The summed E-state index contributed by atoms with van der Waals surface area (Å²) < 4.78 is 5.53. The minimum Gasteiger partial charge on any atom is -0.458 e. The molecule has 0 fully saturated rings. The van der Waals surface area contributed by atoms with Gasteiger partial charge in [0.15, 0.2) is 0 Å². The summed E-state index contributed by atoms with van der Waals surface area (Å²) >= 11 is 0. The zero-order valence-electron chi connectivity index (χ0n) is 22.5. The average molecular weight is 520 g/mol. The van der Waals surface area contributed by atoms with Crippen molar-refractivity contribution in [3.8, 4) is 0 Å². The van der Waals surface area contributed by atoms with Crippen molar-refractivity contribution >= 4 is 23.7 Å². The monoisotopic (exact) mass is 519 g/mol. The van der Waals surface area contributed by atoms with E-state index >= 15 is 0 Å². The second-order valence-corrected chi connectivity index (χ2v) is 10.6. The first-order chi connectivity index (χ1) is 18.0. The molecular formula is C30H37N3O5. The Morgan fingerprint density at radius 2 is 1.66 bits per heavy atom. The molecule has 1 heterocycles. The lowest BCUT2D eigenvalue weighted by atomic mass is 9.91. The Labute approximate surface area is 224 Å². The van der Waals surface area contributed by atoms with Gasteiger partial charge in [-0.3, -0.25) is 14.4 Å². The Morgan fingerprint density at radius 3 is 2.29 bits per heavy atom. The van der Waals surface area contributed by atoms with Gasteiger partial charge < -0.3 is 20.3 Å². The quantitative estimate of drug-likeness (QED) is 0.428. The Balaban J connectivity index is 1.87. The smallest absolute Gasteiger partial charge is 0.329 e. The summed E-state index contributed by atoms with van der Waals surface area (Å²) in [5.41, 5.74) is -0.728. The van der Waals surface area contributed by atoms with Crippen LogP contribution in [0.25, 0.3) is 0 Å². The van der Waals surface area contributed by atoms with Gasteiger partial charge in [-0.25, -0.2) is 4.79 Å². The van der Waals surface area contributed by atoms with Crippen LogP contribution in [0.4, 0.5) is 0 Å². The van der Waals surface area contributed by atoms with Crippen LogP contribution in [0, 0.1) is 0 Å². The number of nitrogens with zero attached hydrogens (tertiary/aromatic N) is 1. The molecule has 8 nitrogen and oxygen atoms in total. The minimum atomic E-state index is -1.29. The highest BCUT2D eigenvalue weighted by Gasteiger charge is 2.43. The first-order valence-corrected chi connectivity index (χ1v) is 12.9. The van der Waals surface area contributed by atoms with Gasteiger partial charge in [-0.05, 0) is 64.7 Å². The molecule has 0 radical (unpaired) electrons. The van der Waals surface area contributed by atoms with Crippen LogP contribution < -0.4 is 10.6 Å². The van der Waals surface area contributed by atoms with Gasteiger partial charge in [-0.15, -0.1) is 0 Å². The van der Waals surface area contributed by atoms with E-state index in [4.69, 9.17) is 4.74 Å². The van der Waals surface area contributed by atoms with Crippen molar-refractivity contribution in [3.63, 3.8) is 0 Å². The number of hydrogen-bond donors (Lipinski definition) is 2. The van der Waals surface area contributed by atoms with Crippen molar-refractivity contribution in [1.82, 2.24) is 15.5 Å². The second kappa shape index (κ2) is 12.5. The van der Waals surface area contributed by atoms with Gasteiger partial charge in [0, 0.05) is 12.1 Å². The highest BCUT2D eigenvalue weighted by atomic mass is 16.6. The molecule has 38 heavy (non-hydrogen) atoms. The van der Waals surface area contributed by atoms with Gasteiger partial charge in [0.2, 0.25) is 11.8 Å². The molecule has 3 rings (SSSR count). The standard InChI is InChI=1S/C30H37N3O5/c1-29(2,3)38-27(36)24-18-12-7-13-19-30(4,28(37)32-24)33(21-22-14-8-5-9-15-22)25(34)20-31-26(35)23-16-10-6-11-17-23/h5-12,14-17,24H,13,18-21H2,1-4H3,(H,31,35)(H,32,37)/b12-7-. The number of ether oxygens (including phenoxy) is 1. The summed E-state index contributed by atoms with van der Waals surface area (Å²) in [4.78, 5) is 54.4. The van der Waals surface area contributed by atoms with E-state index < -0.39 is 35.0 Å². The molecule has 0 aromatic heterocycles. The number of hydrogen-bond acceptors (Lipinski definition) is 5. The van der Waals surface area contributed by atoms with E-state index in [9.17, 15) is 19.2 Å². The Kier molecular flexibility index (Phi) is 9.45. The van der Waals surface area contributed by atoms with Gasteiger partial charge in [0.1, 0.15) is 17.2 Å². The van der Waals surface area contributed by atoms with Gasteiger partial charge in [-0.2, -0.15) is 0 Å². The Bertz CT molecular complexity index is 1160. The van der Waals surface area contributed by atoms with Gasteiger partial charge in [0.25, 0.3) is 5.91 Å². The second-order valence-electron chi connectivity index (χ2n) is 10.6. The van der Waals surface area contributed by atoms with E-state index in [2.05, 4.69) is 10.6 Å². The first kappa shape index (κ1) is 28.6. The van der Waals surface area contributed by atoms with E-state index in [-0.39, 0.29) is 25.4 Å². The van der Waals surface area contributed by atoms with Crippen LogP contribution in [0.1, 0.15) is 62.9 Å². The van der Waals surface area contributed by atoms with Crippen LogP contribution >= 0.6 is 0 Å². The molecule has 0 saturated carbocycles. The number of nitrogens with one attached hydrogen (secondary N) is 2. The molecule has 1 aliphatic rings. The fourth-order valence-electron chi connectivity index (χ4n) is 4.23. The van der Waals surface area contributed by atoms with Gasteiger partial charge in [0.05, 0.1) is 6.54 Å². The maximum atomic E-state index is 13.8. The van der Waals surface area contributed by atoms with Crippen molar-refractivity contribution in [2.24, 2.45) is 0 Å². The molecule has 8 heteroatoms. The molecule has 2 aromatic carbocycles. The van der Waals surface area contributed by atoms with Crippen molar-refractivity contribution in [3.05, 3.63) is 83.9 Å². The Hall–Kier alpha value is -3.94. The van der Waals surface area contributed by atoms with Crippen LogP contribution in [-0.4, -0.2) is 52.3 Å². The lowest BCUT2D eigenvalue weighted by Crippen LogP contribution is -2.62. The highest BCUT2D eigenvalue weighted by Crippen LogP contribution is 2.27. The largest absolute Gasteiger partial charge is 0.458 e. The summed E-state index contributed by atoms with van der Waals surface area (Å²) in [5, 5.41) is 5.52. The van der Waals surface area contributed by atoms with E-state index in [1.54, 1.807) is 58.0 Å². The number of carbonyl (C=O) groups excluding carboxylic acids is 4. The van der Waals surface area contributed by atoms with E-state index in [0.29, 0.717) is 18.4 Å². The molecule has 2 atom stereocenters. The third-order valence-corrected chi connectivity index (χ3v) is 6.34. The molecular weight excluding hydrogens is 482 g/mol. The SMILES string of the molecule is CC(C)(C)OC(=O)C1C/C=C\CCC(C)(N(Cc2ccccc2)C(=O)CNC(=O)c2ccccc2)C(=O)N1. The van der Waals surface area contributed by atoms with Crippen molar-refractivity contribution in [1.29, 1.82) is 0 Å². The number of amides is 3. The summed E-state index contributed by atoms with van der Waals surface area (Å²) in [6, 6.07) is 17.1. The molecule has 2 N–H and O–H groups in total. The summed E-state index contributed by atoms with van der Waals surface area (Å²) in [7, 11) is 0. The van der Waals surface area contributed by atoms with Crippen molar-refractivity contribution < 1.29 is 23.9 Å². The van der Waals surface area contributed by atoms with Crippen molar-refractivity contribution in [2.45, 2.75) is 70.7 Å². The molecule has 1 aliphatic heterocycles. The van der Waals surface area contributed by atoms with Gasteiger partial charge >= 0.3 is 5.97 Å². The lowest BCUT2D eigenvalue weighted by Gasteiger charge is -2.41. The lowest BCUT2D eigenvalue weighted by molar-refractivity contribution is -0.160. The number of rotatable bonds is 7. The maximum Gasteiger partial charge on any atom is 0.329 e. The summed E-state index contributed by atoms with van der Waals surface area (Å²) in [6.45, 7) is 6.89. The van der Waals surface area contributed by atoms with Crippen LogP contribution in [-0.2, 0) is 25.7 Å². The number of allylic oxidation sites excluding steroid dienone is 1. The number of carbonyl (C=O) groups is 4. The third kappa shape index (κ3) is 7.78. The van der Waals surface area contributed by atoms with E-state index in [1.165, 1.54) is 4.90 Å². The molecule has 0 spiro atoms. The fourth-order valence-corrected chi connectivity index (χ4v) is 4.23. The number of esters is 1. The van der Waals surface area contributed by atoms with Crippen LogP contribution in [0.2, 0.25) is 0 Å². The van der Waals surface area contributed by atoms with Gasteiger partial charge in [-0.1, -0.05) is 60.7 Å². The third-order valence-electron chi connectivity index (χ3n) is 6.34. The summed E-state index contributed by atoms with van der Waals surface area (Å²) in [5.74, 6) is -1.77. The van der Waals surface area contributed by atoms with Crippen LogP contribution in [0.15, 0.2) is 72.8 Å². The average Bonchev–Trinajstić information content (AvgIpc) is 2.95. The van der Waals surface area contributed by atoms with Crippen molar-refractivity contribution in [2.75, 3.05) is 6.54 Å². The van der Waals surface area contributed by atoms with Crippen LogP contribution in [0.3, 0.4) is 0 Å². The predicted molar refractivity (Wildman–Crippen MR) is 145 cm³/mol. The first-order valence-electron chi connectivity index (χ1n) is 12.9. The topological polar surface area (TPSA) is 105 Å². The zero-order chi connectivity index (χ0) is 27.8. The predicted octanol–water partition coefficient (Wildman–Crippen LogP) is 3.77. The van der Waals surface area contributed by atoms with Crippen LogP contribution in [0.5, 0.6) is 0 Å². The Morgan fingerprint density at radius 1 is 1.03 bits per heavy atom. The molecule has 202 valence electrons. The van der Waals surface area contributed by atoms with E-state index in [1.807, 2.05) is 42.5 Å². The molecule has 0 saturated heterocycles. The zero-order valence-corrected chi connectivity index (χ0v) is 22.5.